The molecular formula is C19H23ClN4O5S2. The zero-order valence-corrected chi connectivity index (χ0v) is 19.0. The summed E-state index contributed by atoms with van der Waals surface area (Å²) in [6, 6.07) is 11.9. The SMILES string of the molecule is NS(=O)(=O)c1ccc(NC(=O)CCN2CCN(S(=O)(=O)c3ccccc3Cl)CC2)cc1. The van der Waals surface area contributed by atoms with Gasteiger partial charge in [0.25, 0.3) is 0 Å². The standard InChI is InChI=1S/C19H23ClN4O5S2/c20-17-3-1-2-4-18(17)31(28,29)24-13-11-23(12-14-24)10-9-19(25)22-15-5-7-16(8-6-15)30(21,26)27/h1-8H,9-14H2,(H,22,25)(H2,21,26,27). The zero-order valence-electron chi connectivity index (χ0n) is 16.6. The number of rotatable bonds is 7. The Morgan fingerprint density at radius 1 is 0.968 bits per heavy atom. The van der Waals surface area contributed by atoms with E-state index in [0.29, 0.717) is 38.4 Å². The minimum atomic E-state index is -3.78. The molecule has 2 aromatic rings. The van der Waals surface area contributed by atoms with Crippen LogP contribution >= 0.6 is 11.6 Å². The number of primary sulfonamides is 1. The van der Waals surface area contributed by atoms with Gasteiger partial charge in [-0.05, 0) is 36.4 Å². The molecule has 1 aliphatic rings. The highest BCUT2D eigenvalue weighted by atomic mass is 35.5. The second-order valence-electron chi connectivity index (χ2n) is 7.04. The summed E-state index contributed by atoms with van der Waals surface area (Å²) in [5.74, 6) is -0.227. The molecule has 1 aliphatic heterocycles. The van der Waals surface area contributed by atoms with Crippen LogP contribution in [0.15, 0.2) is 58.3 Å². The van der Waals surface area contributed by atoms with E-state index in [1.165, 1.54) is 34.6 Å². The van der Waals surface area contributed by atoms with Gasteiger partial charge in [-0.1, -0.05) is 23.7 Å². The van der Waals surface area contributed by atoms with Crippen LogP contribution in [0.5, 0.6) is 0 Å². The first-order chi connectivity index (χ1) is 14.6. The van der Waals surface area contributed by atoms with Crippen molar-refractivity contribution in [1.82, 2.24) is 9.21 Å². The number of anilines is 1. The van der Waals surface area contributed by atoms with E-state index in [1.54, 1.807) is 18.2 Å². The number of carbonyl (C=O) groups is 1. The van der Waals surface area contributed by atoms with Crippen LogP contribution in [0.3, 0.4) is 0 Å². The first kappa shape index (κ1) is 23.6. The molecule has 0 aliphatic carbocycles. The third-order valence-corrected chi connectivity index (χ3v) is 8.24. The fourth-order valence-corrected chi connectivity index (χ4v) is 5.63. The molecule has 1 saturated heterocycles. The third kappa shape index (κ3) is 6.03. The molecule has 0 spiro atoms. The smallest absolute Gasteiger partial charge is 0.244 e. The summed E-state index contributed by atoms with van der Waals surface area (Å²) in [5, 5.41) is 7.94. The van der Waals surface area contributed by atoms with Crippen LogP contribution in [0, 0.1) is 0 Å². The van der Waals surface area contributed by atoms with Gasteiger partial charge in [0, 0.05) is 44.8 Å². The number of hydrogen-bond donors (Lipinski definition) is 2. The maximum atomic E-state index is 12.8. The Labute approximate surface area is 186 Å². The Morgan fingerprint density at radius 3 is 2.16 bits per heavy atom. The molecule has 9 nitrogen and oxygen atoms in total. The second-order valence-corrected chi connectivity index (χ2v) is 10.9. The Morgan fingerprint density at radius 2 is 1.58 bits per heavy atom. The van der Waals surface area contributed by atoms with Gasteiger partial charge in [-0.2, -0.15) is 4.31 Å². The van der Waals surface area contributed by atoms with E-state index in [0.717, 1.165) is 0 Å². The average molecular weight is 487 g/mol. The van der Waals surface area contributed by atoms with Crippen molar-refractivity contribution in [3.8, 4) is 0 Å². The number of nitrogens with zero attached hydrogens (tertiary/aromatic N) is 2. The van der Waals surface area contributed by atoms with Crippen molar-refractivity contribution in [2.24, 2.45) is 5.14 Å². The van der Waals surface area contributed by atoms with Gasteiger partial charge in [0.1, 0.15) is 4.90 Å². The summed E-state index contributed by atoms with van der Waals surface area (Å²) in [4.78, 5) is 14.3. The third-order valence-electron chi connectivity index (χ3n) is 4.91. The summed E-state index contributed by atoms with van der Waals surface area (Å²) in [6.45, 7) is 2.09. The van der Waals surface area contributed by atoms with Gasteiger partial charge in [-0.15, -0.1) is 0 Å². The normalized spacial score (nSPS) is 16.2. The molecule has 3 rings (SSSR count). The lowest BCUT2D eigenvalue weighted by molar-refractivity contribution is -0.116. The van der Waals surface area contributed by atoms with Crippen LogP contribution in [0.4, 0.5) is 5.69 Å². The maximum absolute atomic E-state index is 12.8. The van der Waals surface area contributed by atoms with Crippen LogP contribution in [0.2, 0.25) is 5.02 Å². The minimum Gasteiger partial charge on any atom is -0.326 e. The average Bonchev–Trinajstić information content (AvgIpc) is 2.72. The first-order valence-corrected chi connectivity index (χ1v) is 12.8. The number of nitrogens with two attached hydrogens (primary N) is 1. The van der Waals surface area contributed by atoms with E-state index in [-0.39, 0.29) is 27.1 Å². The molecule has 0 radical (unpaired) electrons. The molecule has 0 atom stereocenters. The van der Waals surface area contributed by atoms with E-state index in [9.17, 15) is 21.6 Å². The first-order valence-electron chi connectivity index (χ1n) is 9.47. The number of carbonyl (C=O) groups excluding carboxylic acids is 1. The monoisotopic (exact) mass is 486 g/mol. The van der Waals surface area contributed by atoms with Crippen LogP contribution in [0.25, 0.3) is 0 Å². The number of piperazine rings is 1. The van der Waals surface area contributed by atoms with Crippen LogP contribution in [0.1, 0.15) is 6.42 Å². The molecule has 31 heavy (non-hydrogen) atoms. The van der Waals surface area contributed by atoms with E-state index in [2.05, 4.69) is 5.32 Å². The maximum Gasteiger partial charge on any atom is 0.244 e. The van der Waals surface area contributed by atoms with Gasteiger partial charge in [0.15, 0.2) is 0 Å². The van der Waals surface area contributed by atoms with E-state index in [4.69, 9.17) is 16.7 Å². The molecule has 12 heteroatoms. The van der Waals surface area contributed by atoms with Crippen LogP contribution in [-0.4, -0.2) is 64.7 Å². The minimum absolute atomic E-state index is 0.0323. The van der Waals surface area contributed by atoms with Gasteiger partial charge in [0.2, 0.25) is 26.0 Å². The Kier molecular flexibility index (Phi) is 7.35. The lowest BCUT2D eigenvalue weighted by atomic mass is 10.3. The van der Waals surface area contributed by atoms with Crippen molar-refractivity contribution in [3.05, 3.63) is 53.6 Å². The molecule has 2 aromatic carbocycles. The Hall–Kier alpha value is -2.02. The molecule has 0 aromatic heterocycles. The van der Waals surface area contributed by atoms with E-state index in [1.807, 2.05) is 4.90 Å². The van der Waals surface area contributed by atoms with Crippen molar-refractivity contribution in [2.75, 3.05) is 38.0 Å². The van der Waals surface area contributed by atoms with E-state index < -0.39 is 20.0 Å². The highest BCUT2D eigenvalue weighted by Gasteiger charge is 2.29. The molecule has 168 valence electrons. The molecule has 0 bridgehead atoms. The van der Waals surface area contributed by atoms with Crippen LogP contribution in [-0.2, 0) is 24.8 Å². The molecule has 3 N–H and O–H groups in total. The zero-order chi connectivity index (χ0) is 22.6. The lowest BCUT2D eigenvalue weighted by Gasteiger charge is -2.34. The fraction of sp³-hybridized carbons (Fsp3) is 0.316. The predicted molar refractivity (Wildman–Crippen MR) is 118 cm³/mol. The van der Waals surface area contributed by atoms with Crippen molar-refractivity contribution in [3.63, 3.8) is 0 Å². The second kappa shape index (κ2) is 9.63. The molecule has 0 unspecified atom stereocenters. The molecule has 0 saturated carbocycles. The van der Waals surface area contributed by atoms with Gasteiger partial charge in [-0.25, -0.2) is 22.0 Å². The lowest BCUT2D eigenvalue weighted by Crippen LogP contribution is -2.49. The quantitative estimate of drug-likeness (QED) is 0.607. The molecule has 1 fully saturated rings. The van der Waals surface area contributed by atoms with E-state index >= 15 is 0 Å². The summed E-state index contributed by atoms with van der Waals surface area (Å²) in [5.41, 5.74) is 0.466. The van der Waals surface area contributed by atoms with Crippen molar-refractivity contribution in [1.29, 1.82) is 0 Å². The number of sulfonamides is 2. The van der Waals surface area contributed by atoms with Gasteiger partial charge >= 0.3 is 0 Å². The predicted octanol–water partition coefficient (Wildman–Crippen LogP) is 1.32. The molecular weight excluding hydrogens is 464 g/mol. The number of benzene rings is 2. The highest BCUT2D eigenvalue weighted by molar-refractivity contribution is 7.89. The number of halogens is 1. The van der Waals surface area contributed by atoms with Gasteiger partial charge in [0.05, 0.1) is 9.92 Å². The highest BCUT2D eigenvalue weighted by Crippen LogP contribution is 2.25. The molecule has 1 heterocycles. The largest absolute Gasteiger partial charge is 0.326 e. The Balaban J connectivity index is 1.48. The number of amides is 1. The van der Waals surface area contributed by atoms with Crippen molar-refractivity contribution >= 4 is 43.2 Å². The van der Waals surface area contributed by atoms with Crippen LogP contribution < -0.4 is 10.5 Å². The van der Waals surface area contributed by atoms with Gasteiger partial charge < -0.3 is 10.2 Å². The molecule has 1 amide bonds. The summed E-state index contributed by atoms with van der Waals surface area (Å²) >= 11 is 6.04. The summed E-state index contributed by atoms with van der Waals surface area (Å²) in [6.07, 6.45) is 0.216. The topological polar surface area (TPSA) is 130 Å². The summed E-state index contributed by atoms with van der Waals surface area (Å²) < 4.78 is 49.5. The Bertz CT molecular complexity index is 1150. The van der Waals surface area contributed by atoms with Crippen molar-refractivity contribution in [2.45, 2.75) is 16.2 Å². The number of hydrogen-bond acceptors (Lipinski definition) is 6. The fourth-order valence-electron chi connectivity index (χ4n) is 3.20. The van der Waals surface area contributed by atoms with Gasteiger partial charge in [-0.3, -0.25) is 4.79 Å². The van der Waals surface area contributed by atoms with Crippen molar-refractivity contribution < 1.29 is 21.6 Å². The number of nitrogens with one attached hydrogen (secondary N) is 1. The summed E-state index contributed by atoms with van der Waals surface area (Å²) in [7, 11) is -7.44.